The van der Waals surface area contributed by atoms with Gasteiger partial charge in [-0.15, -0.1) is 16.4 Å². The number of fused-ring (bicyclic) bond motifs is 3. The van der Waals surface area contributed by atoms with Crippen LogP contribution in [0.4, 0.5) is 0 Å². The maximum absolute atomic E-state index is 5.47. The van der Waals surface area contributed by atoms with Crippen LogP contribution in [0.1, 0.15) is 24.4 Å². The number of benzene rings is 1. The van der Waals surface area contributed by atoms with Gasteiger partial charge < -0.3 is 9.64 Å². The van der Waals surface area contributed by atoms with Gasteiger partial charge in [0.15, 0.2) is 0 Å². The number of hydrogen-bond donors (Lipinski definition) is 0. The molecular formula is C24H29N5OS. The van der Waals surface area contributed by atoms with Gasteiger partial charge >= 0.3 is 0 Å². The topological polar surface area (TPSA) is 46.4 Å². The molecule has 0 spiro atoms. The van der Waals surface area contributed by atoms with Gasteiger partial charge in [0, 0.05) is 31.1 Å². The van der Waals surface area contributed by atoms with E-state index in [4.69, 9.17) is 4.74 Å². The molecule has 4 fully saturated rings. The highest BCUT2D eigenvalue weighted by Crippen LogP contribution is 2.37. The van der Waals surface area contributed by atoms with E-state index in [1.165, 1.54) is 46.8 Å². The van der Waals surface area contributed by atoms with Crippen molar-refractivity contribution >= 4 is 11.3 Å². The summed E-state index contributed by atoms with van der Waals surface area (Å²) in [6, 6.07) is 13.8. The summed E-state index contributed by atoms with van der Waals surface area (Å²) in [5.74, 6) is 0.757. The summed E-state index contributed by atoms with van der Waals surface area (Å²) in [6.07, 6.45) is 4.75. The van der Waals surface area contributed by atoms with Crippen LogP contribution < -0.4 is 0 Å². The van der Waals surface area contributed by atoms with Gasteiger partial charge in [-0.25, -0.2) is 4.68 Å². The molecule has 2 aromatic heterocycles. The summed E-state index contributed by atoms with van der Waals surface area (Å²) in [4.78, 5) is 7.52. The third-order valence-electron chi connectivity index (χ3n) is 7.05. The predicted octanol–water partition coefficient (Wildman–Crippen LogP) is 3.77. The smallest absolute Gasteiger partial charge is 0.123 e. The normalized spacial score (nSPS) is 26.4. The lowest BCUT2D eigenvalue weighted by Gasteiger charge is -2.44. The number of nitrogens with zero attached hydrogens (tertiary/aromatic N) is 5. The lowest BCUT2D eigenvalue weighted by molar-refractivity contribution is 0.0342. The number of thiophene rings is 1. The first-order valence-electron chi connectivity index (χ1n) is 11.5. The Hall–Kier alpha value is -2.06. The molecule has 7 heteroatoms. The number of aromatic nitrogens is 3. The standard InChI is InChI=1S/C24H29N5OS/c1-2-18(15-28-10-12-30-13-11-28)14-20(3-1)23-4-5-24(31-23)21-16-29(26-25-21)22-17-27-8-6-19(22)7-9-27/h1-5,14,16,19,22H,6-13,15,17H2/t22-/m0/s1. The summed E-state index contributed by atoms with van der Waals surface area (Å²) in [5, 5.41) is 9.06. The minimum atomic E-state index is 0.486. The Labute approximate surface area is 187 Å². The van der Waals surface area contributed by atoms with Crippen molar-refractivity contribution in [3.8, 4) is 21.0 Å². The third-order valence-corrected chi connectivity index (χ3v) is 8.21. The molecule has 2 bridgehead atoms. The number of rotatable bonds is 5. The SMILES string of the molecule is c1cc(CN2CCOCC2)cc(-c2ccc(-c3cn([C@H]4CN5CCC4CC5)nn3)s2)c1. The minimum absolute atomic E-state index is 0.486. The molecule has 6 heterocycles. The first kappa shape index (κ1) is 19.6. The molecule has 1 aromatic carbocycles. The Kier molecular flexibility index (Phi) is 5.36. The predicted molar refractivity (Wildman–Crippen MR) is 123 cm³/mol. The summed E-state index contributed by atoms with van der Waals surface area (Å²) in [5.41, 5.74) is 3.65. The van der Waals surface area contributed by atoms with Crippen LogP contribution in [-0.4, -0.2) is 70.7 Å². The highest BCUT2D eigenvalue weighted by atomic mass is 32.1. The fourth-order valence-electron chi connectivity index (χ4n) is 5.26. The van der Waals surface area contributed by atoms with E-state index in [1.807, 2.05) is 11.3 Å². The van der Waals surface area contributed by atoms with Gasteiger partial charge in [0.2, 0.25) is 0 Å². The van der Waals surface area contributed by atoms with Crippen molar-refractivity contribution in [1.29, 1.82) is 0 Å². The second kappa shape index (κ2) is 8.47. The second-order valence-electron chi connectivity index (χ2n) is 9.04. The lowest BCUT2D eigenvalue weighted by atomic mass is 9.84. The van der Waals surface area contributed by atoms with Gasteiger partial charge in [-0.1, -0.05) is 23.4 Å². The molecule has 0 unspecified atom stereocenters. The monoisotopic (exact) mass is 435 g/mol. The van der Waals surface area contributed by atoms with Crippen molar-refractivity contribution in [2.24, 2.45) is 5.92 Å². The van der Waals surface area contributed by atoms with E-state index in [-0.39, 0.29) is 0 Å². The average molecular weight is 436 g/mol. The molecule has 4 aliphatic heterocycles. The summed E-state index contributed by atoms with van der Waals surface area (Å²) in [6.45, 7) is 8.33. The molecule has 31 heavy (non-hydrogen) atoms. The van der Waals surface area contributed by atoms with Gasteiger partial charge in [-0.2, -0.15) is 0 Å². The van der Waals surface area contributed by atoms with Crippen LogP contribution in [0, 0.1) is 5.92 Å². The number of piperidine rings is 3. The lowest BCUT2D eigenvalue weighted by Crippen LogP contribution is -2.48. The zero-order valence-electron chi connectivity index (χ0n) is 17.8. The Morgan fingerprint density at radius 2 is 1.84 bits per heavy atom. The Bertz CT molecular complexity index is 1030. The van der Waals surface area contributed by atoms with Gasteiger partial charge in [0.05, 0.1) is 30.3 Å². The van der Waals surface area contributed by atoms with E-state index < -0.39 is 0 Å². The van der Waals surface area contributed by atoms with E-state index in [2.05, 4.69) is 67.4 Å². The van der Waals surface area contributed by atoms with Crippen molar-refractivity contribution in [3.05, 3.63) is 48.2 Å². The molecule has 4 saturated heterocycles. The van der Waals surface area contributed by atoms with Crippen LogP contribution >= 0.6 is 11.3 Å². The van der Waals surface area contributed by atoms with Gasteiger partial charge in [-0.05, 0) is 61.2 Å². The van der Waals surface area contributed by atoms with Gasteiger partial charge in [0.25, 0.3) is 0 Å². The van der Waals surface area contributed by atoms with Crippen molar-refractivity contribution in [3.63, 3.8) is 0 Å². The van der Waals surface area contributed by atoms with Gasteiger partial charge in [-0.3, -0.25) is 4.90 Å². The molecule has 7 rings (SSSR count). The molecule has 0 radical (unpaired) electrons. The van der Waals surface area contributed by atoms with Crippen LogP contribution in [0.3, 0.4) is 0 Å². The first-order valence-corrected chi connectivity index (χ1v) is 12.3. The van der Waals surface area contributed by atoms with E-state index in [1.54, 1.807) is 0 Å². The van der Waals surface area contributed by atoms with Crippen LogP contribution in [0.5, 0.6) is 0 Å². The fourth-order valence-corrected chi connectivity index (χ4v) is 6.21. The minimum Gasteiger partial charge on any atom is -0.379 e. The fraction of sp³-hybridized carbons (Fsp3) is 0.500. The quantitative estimate of drug-likeness (QED) is 0.611. The highest BCUT2D eigenvalue weighted by Gasteiger charge is 2.35. The first-order chi connectivity index (χ1) is 15.3. The Morgan fingerprint density at radius 1 is 1.00 bits per heavy atom. The molecule has 6 nitrogen and oxygen atoms in total. The van der Waals surface area contributed by atoms with Crippen LogP contribution in [0.2, 0.25) is 0 Å². The van der Waals surface area contributed by atoms with Crippen LogP contribution in [0.25, 0.3) is 21.0 Å². The molecule has 0 N–H and O–H groups in total. The number of hydrogen-bond acceptors (Lipinski definition) is 6. The summed E-state index contributed by atoms with van der Waals surface area (Å²) >= 11 is 1.81. The summed E-state index contributed by atoms with van der Waals surface area (Å²) < 4.78 is 7.61. The maximum atomic E-state index is 5.47. The zero-order chi connectivity index (χ0) is 20.6. The largest absolute Gasteiger partial charge is 0.379 e. The maximum Gasteiger partial charge on any atom is 0.123 e. The number of morpholine rings is 1. The molecule has 4 aliphatic rings. The van der Waals surface area contributed by atoms with E-state index in [0.29, 0.717) is 6.04 Å². The average Bonchev–Trinajstić information content (AvgIpc) is 3.51. The molecular weight excluding hydrogens is 406 g/mol. The van der Waals surface area contributed by atoms with Crippen LogP contribution in [-0.2, 0) is 11.3 Å². The molecule has 0 amide bonds. The van der Waals surface area contributed by atoms with Crippen molar-refractivity contribution < 1.29 is 4.74 Å². The number of ether oxygens (including phenoxy) is 1. The van der Waals surface area contributed by atoms with Crippen molar-refractivity contribution in [1.82, 2.24) is 24.8 Å². The molecule has 0 aliphatic carbocycles. The van der Waals surface area contributed by atoms with E-state index in [9.17, 15) is 0 Å². The van der Waals surface area contributed by atoms with E-state index >= 15 is 0 Å². The van der Waals surface area contributed by atoms with Crippen molar-refractivity contribution in [2.75, 3.05) is 45.9 Å². The summed E-state index contributed by atoms with van der Waals surface area (Å²) in [7, 11) is 0. The van der Waals surface area contributed by atoms with Gasteiger partial charge in [0.1, 0.15) is 5.69 Å². The molecule has 3 aromatic rings. The van der Waals surface area contributed by atoms with E-state index in [0.717, 1.165) is 51.0 Å². The zero-order valence-corrected chi connectivity index (χ0v) is 18.6. The van der Waals surface area contributed by atoms with Crippen molar-refractivity contribution in [2.45, 2.75) is 25.4 Å². The highest BCUT2D eigenvalue weighted by molar-refractivity contribution is 7.18. The molecule has 1 atom stereocenters. The second-order valence-corrected chi connectivity index (χ2v) is 10.1. The third kappa shape index (κ3) is 4.07. The molecule has 162 valence electrons. The Balaban J connectivity index is 1.18. The Morgan fingerprint density at radius 3 is 2.65 bits per heavy atom. The van der Waals surface area contributed by atoms with Crippen LogP contribution in [0.15, 0.2) is 42.6 Å². The molecule has 0 saturated carbocycles.